The molecular formula is C23H20FN3O4S. The summed E-state index contributed by atoms with van der Waals surface area (Å²) in [6, 6.07) is 15.7. The predicted octanol–water partition coefficient (Wildman–Crippen LogP) is 4.44. The molecule has 2 aromatic heterocycles. The fraction of sp³-hybridized carbons (Fsp3) is 0.217. The molecule has 2 atom stereocenters. The molecule has 0 saturated heterocycles. The van der Waals surface area contributed by atoms with Gasteiger partial charge in [-0.2, -0.15) is 0 Å². The Labute approximate surface area is 183 Å². The number of hydrogen-bond acceptors (Lipinski definition) is 5. The number of halogens is 1. The zero-order valence-corrected chi connectivity index (χ0v) is 17.8. The first-order valence-corrected chi connectivity index (χ1v) is 11.7. The molecule has 1 N–H and O–H groups in total. The number of pyridine rings is 1. The average Bonchev–Trinajstić information content (AvgIpc) is 3.45. The van der Waals surface area contributed by atoms with Gasteiger partial charge in [0, 0.05) is 18.2 Å². The second-order valence-corrected chi connectivity index (χ2v) is 9.65. The fourth-order valence-corrected chi connectivity index (χ4v) is 5.53. The van der Waals surface area contributed by atoms with Crippen molar-refractivity contribution in [1.29, 1.82) is 0 Å². The lowest BCUT2D eigenvalue weighted by Crippen LogP contribution is -2.23. The number of benzene rings is 2. The molecule has 0 spiro atoms. The van der Waals surface area contributed by atoms with E-state index >= 15 is 0 Å². The van der Waals surface area contributed by atoms with E-state index in [9.17, 15) is 17.6 Å². The first-order valence-electron chi connectivity index (χ1n) is 10.2. The van der Waals surface area contributed by atoms with Gasteiger partial charge in [-0.25, -0.2) is 12.8 Å². The van der Waals surface area contributed by atoms with Crippen molar-refractivity contribution in [3.05, 3.63) is 88.7 Å². The Hall–Kier alpha value is -3.46. The molecule has 1 aliphatic carbocycles. The molecule has 1 saturated carbocycles. The van der Waals surface area contributed by atoms with Gasteiger partial charge in [-0.05, 0) is 72.5 Å². The second kappa shape index (κ2) is 7.90. The monoisotopic (exact) mass is 453 g/mol. The van der Waals surface area contributed by atoms with Gasteiger partial charge in [0.15, 0.2) is 5.82 Å². The Morgan fingerprint density at radius 3 is 2.72 bits per heavy atom. The summed E-state index contributed by atoms with van der Waals surface area (Å²) in [6.07, 6.45) is 3.63. The van der Waals surface area contributed by atoms with Gasteiger partial charge in [-0.15, -0.1) is 0 Å². The van der Waals surface area contributed by atoms with E-state index in [4.69, 9.17) is 0 Å². The molecule has 0 amide bonds. The minimum atomic E-state index is -3.86. The van der Waals surface area contributed by atoms with Crippen LogP contribution in [0.15, 0.2) is 81.1 Å². The van der Waals surface area contributed by atoms with Crippen molar-refractivity contribution >= 4 is 26.7 Å². The van der Waals surface area contributed by atoms with Crippen LogP contribution in [0.4, 0.5) is 10.2 Å². The Kier molecular flexibility index (Phi) is 5.05. The first-order chi connectivity index (χ1) is 15.4. The molecule has 9 heteroatoms. The summed E-state index contributed by atoms with van der Waals surface area (Å²) in [4.78, 5) is 12.8. The molecule has 5 rings (SSSR count). The van der Waals surface area contributed by atoms with Crippen molar-refractivity contribution in [2.24, 2.45) is 0 Å². The third kappa shape index (κ3) is 3.80. The quantitative estimate of drug-likeness (QED) is 0.482. The molecule has 7 nitrogen and oxygen atoms in total. The van der Waals surface area contributed by atoms with Gasteiger partial charge in [0.2, 0.25) is 0 Å². The number of nitrogens with zero attached hydrogens (tertiary/aromatic N) is 2. The van der Waals surface area contributed by atoms with Crippen LogP contribution in [-0.2, 0) is 10.0 Å². The maximum absolute atomic E-state index is 13.6. The smallest absolute Gasteiger partial charge is 0.263 e. The van der Waals surface area contributed by atoms with E-state index < -0.39 is 10.0 Å². The molecule has 0 aliphatic heterocycles. The molecule has 0 unspecified atom stereocenters. The number of anilines is 1. The normalized spacial score (nSPS) is 18.8. The third-order valence-corrected chi connectivity index (χ3v) is 7.33. The van der Waals surface area contributed by atoms with Gasteiger partial charge in [0.1, 0.15) is 12.1 Å². The minimum absolute atomic E-state index is 0.0461. The molecule has 1 aliphatic rings. The third-order valence-electron chi connectivity index (χ3n) is 5.98. The van der Waals surface area contributed by atoms with Crippen LogP contribution in [0.1, 0.15) is 36.8 Å². The van der Waals surface area contributed by atoms with Crippen LogP contribution in [-0.4, -0.2) is 18.1 Å². The zero-order valence-electron chi connectivity index (χ0n) is 16.9. The van der Waals surface area contributed by atoms with Crippen LogP contribution in [0.25, 0.3) is 10.9 Å². The zero-order chi connectivity index (χ0) is 22.3. The van der Waals surface area contributed by atoms with Crippen molar-refractivity contribution < 1.29 is 17.3 Å². The molecule has 0 radical (unpaired) electrons. The lowest BCUT2D eigenvalue weighted by Gasteiger charge is -2.18. The summed E-state index contributed by atoms with van der Waals surface area (Å²) < 4.78 is 47.8. The second-order valence-electron chi connectivity index (χ2n) is 7.97. The first kappa shape index (κ1) is 20.4. The summed E-state index contributed by atoms with van der Waals surface area (Å²) in [7, 11) is -3.86. The predicted molar refractivity (Wildman–Crippen MR) is 118 cm³/mol. The van der Waals surface area contributed by atoms with Crippen LogP contribution < -0.4 is 10.3 Å². The number of hydrogen-bond donors (Lipinski definition) is 1. The molecule has 1 fully saturated rings. The van der Waals surface area contributed by atoms with Gasteiger partial charge in [0.25, 0.3) is 15.6 Å². The van der Waals surface area contributed by atoms with Crippen LogP contribution in [0.3, 0.4) is 0 Å². The SMILES string of the molecule is O=c1ccc2cc(S(=O)(=O)Nc3ccon3)ccc2n1[C@@H]1CC[C@@H](c2cccc(F)c2)C1. The van der Waals surface area contributed by atoms with Crippen molar-refractivity contribution in [1.82, 2.24) is 9.72 Å². The standard InChI is InChI=1S/C23H20FN3O4S/c24-18-3-1-2-15(12-18)16-4-6-19(13-16)27-21-8-7-20(14-17(21)5-9-23(27)28)32(29,30)26-22-10-11-31-25-22/h1-3,5,7-12,14,16,19H,4,6,13H2,(H,25,26)/t16-,19-/m1/s1. The van der Waals surface area contributed by atoms with Crippen molar-refractivity contribution in [3.8, 4) is 0 Å². The maximum atomic E-state index is 13.6. The Morgan fingerprint density at radius 1 is 1.06 bits per heavy atom. The average molecular weight is 453 g/mol. The summed E-state index contributed by atoms with van der Waals surface area (Å²) in [5.74, 6) is -0.00479. The molecule has 32 heavy (non-hydrogen) atoms. The number of sulfonamides is 1. The Balaban J connectivity index is 1.48. The molecule has 0 bridgehead atoms. The van der Waals surface area contributed by atoms with E-state index in [-0.39, 0.29) is 34.0 Å². The lowest BCUT2D eigenvalue weighted by atomic mass is 9.97. The van der Waals surface area contributed by atoms with Crippen LogP contribution in [0.5, 0.6) is 0 Å². The summed E-state index contributed by atoms with van der Waals surface area (Å²) in [5.41, 5.74) is 1.47. The van der Waals surface area contributed by atoms with E-state index in [1.165, 1.54) is 36.6 Å². The molecule has 164 valence electrons. The molecule has 2 aromatic carbocycles. The van der Waals surface area contributed by atoms with E-state index in [1.54, 1.807) is 28.8 Å². The highest BCUT2D eigenvalue weighted by Gasteiger charge is 2.29. The van der Waals surface area contributed by atoms with Gasteiger partial charge >= 0.3 is 0 Å². The highest BCUT2D eigenvalue weighted by Crippen LogP contribution is 2.41. The van der Waals surface area contributed by atoms with Crippen molar-refractivity contribution in [2.75, 3.05) is 4.72 Å². The van der Waals surface area contributed by atoms with Crippen molar-refractivity contribution in [2.45, 2.75) is 36.1 Å². The van der Waals surface area contributed by atoms with Gasteiger partial charge in [0.05, 0.1) is 10.4 Å². The molecular weight excluding hydrogens is 433 g/mol. The maximum Gasteiger partial charge on any atom is 0.263 e. The van der Waals surface area contributed by atoms with Gasteiger partial charge < -0.3 is 9.09 Å². The summed E-state index contributed by atoms with van der Waals surface area (Å²) in [5, 5.41) is 4.21. The number of aromatic nitrogens is 2. The Bertz CT molecular complexity index is 1450. The highest BCUT2D eigenvalue weighted by molar-refractivity contribution is 7.92. The topological polar surface area (TPSA) is 94.2 Å². The fourth-order valence-electron chi connectivity index (χ4n) is 4.51. The number of rotatable bonds is 5. The number of fused-ring (bicyclic) bond motifs is 1. The van der Waals surface area contributed by atoms with E-state index in [0.29, 0.717) is 10.9 Å². The van der Waals surface area contributed by atoms with Crippen LogP contribution in [0, 0.1) is 5.82 Å². The number of nitrogens with one attached hydrogen (secondary N) is 1. The lowest BCUT2D eigenvalue weighted by molar-refractivity contribution is 0.423. The largest absolute Gasteiger partial charge is 0.363 e. The van der Waals surface area contributed by atoms with E-state index in [0.717, 1.165) is 24.8 Å². The minimum Gasteiger partial charge on any atom is -0.363 e. The van der Waals surface area contributed by atoms with Crippen LogP contribution in [0.2, 0.25) is 0 Å². The molecule has 2 heterocycles. The summed E-state index contributed by atoms with van der Waals surface area (Å²) >= 11 is 0. The van der Waals surface area contributed by atoms with Crippen LogP contribution >= 0.6 is 0 Å². The Morgan fingerprint density at radius 2 is 1.94 bits per heavy atom. The van der Waals surface area contributed by atoms with Gasteiger partial charge in [-0.3, -0.25) is 9.52 Å². The van der Waals surface area contributed by atoms with Crippen molar-refractivity contribution in [3.63, 3.8) is 0 Å². The molecule has 4 aromatic rings. The van der Waals surface area contributed by atoms with E-state index in [1.807, 2.05) is 6.07 Å². The van der Waals surface area contributed by atoms with Gasteiger partial charge in [-0.1, -0.05) is 17.3 Å². The highest BCUT2D eigenvalue weighted by atomic mass is 32.2. The summed E-state index contributed by atoms with van der Waals surface area (Å²) in [6.45, 7) is 0. The van der Waals surface area contributed by atoms with E-state index in [2.05, 4.69) is 14.4 Å².